The maximum absolute atomic E-state index is 10.9. The Bertz CT molecular complexity index is 912. The molecule has 0 aliphatic carbocycles. The van der Waals surface area contributed by atoms with E-state index in [1.54, 1.807) is 0 Å². The smallest absolute Gasteiger partial charge is 0.187 e. The average molecular weight is 667 g/mol. The van der Waals surface area contributed by atoms with E-state index in [2.05, 4.69) is 0 Å². The van der Waals surface area contributed by atoms with Crippen LogP contribution in [0.4, 0.5) is 0 Å². The van der Waals surface area contributed by atoms with Crippen molar-refractivity contribution in [3.63, 3.8) is 0 Å². The van der Waals surface area contributed by atoms with E-state index < -0.39 is 149 Å². The number of hydrogen-bond acceptors (Lipinski definition) is 21. The molecule has 21 heteroatoms. The van der Waals surface area contributed by atoms with Crippen LogP contribution in [0.1, 0.15) is 0 Å². The third-order valence-corrected chi connectivity index (χ3v) is 8.21. The highest BCUT2D eigenvalue weighted by Gasteiger charge is 2.55. The summed E-state index contributed by atoms with van der Waals surface area (Å²) in [7, 11) is 0. The highest BCUT2D eigenvalue weighted by molar-refractivity contribution is 4.97. The van der Waals surface area contributed by atoms with Gasteiger partial charge in [-0.1, -0.05) is 0 Å². The molecule has 14 N–H and O–H groups in total. The molecule has 4 fully saturated rings. The molecule has 4 saturated heterocycles. The van der Waals surface area contributed by atoms with Crippen LogP contribution in [0.5, 0.6) is 0 Å². The Balaban J connectivity index is 1.52. The molecule has 4 aliphatic rings. The van der Waals surface area contributed by atoms with Crippen LogP contribution >= 0.6 is 0 Å². The average Bonchev–Trinajstić information content (AvgIpc) is 3.03. The molecule has 264 valence electrons. The van der Waals surface area contributed by atoms with E-state index in [4.69, 9.17) is 33.2 Å². The van der Waals surface area contributed by atoms with E-state index in [9.17, 15) is 71.5 Å². The fourth-order valence-corrected chi connectivity index (χ4v) is 5.52. The third-order valence-electron chi connectivity index (χ3n) is 8.21. The van der Waals surface area contributed by atoms with Crippen molar-refractivity contribution in [1.29, 1.82) is 0 Å². The van der Waals surface area contributed by atoms with Crippen LogP contribution in [0.25, 0.3) is 0 Å². The fraction of sp³-hybridized carbons (Fsp3) is 1.00. The summed E-state index contributed by atoms with van der Waals surface area (Å²) in [6.45, 7) is -3.42. The second-order valence-corrected chi connectivity index (χ2v) is 11.1. The lowest BCUT2D eigenvalue weighted by Gasteiger charge is -2.49. The van der Waals surface area contributed by atoms with Gasteiger partial charge in [0, 0.05) is 0 Å². The van der Waals surface area contributed by atoms with Gasteiger partial charge in [0.15, 0.2) is 25.2 Å². The molecule has 21 nitrogen and oxygen atoms in total. The third kappa shape index (κ3) is 7.44. The molecule has 4 rings (SSSR count). The quantitative estimate of drug-likeness (QED) is 0.103. The van der Waals surface area contributed by atoms with Gasteiger partial charge >= 0.3 is 0 Å². The zero-order chi connectivity index (χ0) is 33.3. The van der Waals surface area contributed by atoms with Crippen molar-refractivity contribution in [3.8, 4) is 0 Å². The van der Waals surface area contributed by atoms with Gasteiger partial charge in [-0.05, 0) is 0 Å². The van der Waals surface area contributed by atoms with Crippen LogP contribution in [0, 0.1) is 0 Å². The Kier molecular flexibility index (Phi) is 12.8. The summed E-state index contributed by atoms with van der Waals surface area (Å²) in [4.78, 5) is 0. The predicted molar refractivity (Wildman–Crippen MR) is 134 cm³/mol. The molecule has 4 aliphatic heterocycles. The van der Waals surface area contributed by atoms with Gasteiger partial charge in [-0.3, -0.25) is 0 Å². The lowest BCUT2D eigenvalue weighted by molar-refractivity contribution is -0.395. The highest BCUT2D eigenvalue weighted by atomic mass is 16.8. The Morgan fingerprint density at radius 2 is 0.689 bits per heavy atom. The van der Waals surface area contributed by atoms with Crippen molar-refractivity contribution in [2.75, 3.05) is 26.4 Å². The van der Waals surface area contributed by atoms with Crippen molar-refractivity contribution < 1.29 is 105 Å². The van der Waals surface area contributed by atoms with Gasteiger partial charge in [0.1, 0.15) is 97.7 Å². The molecule has 0 aromatic carbocycles. The zero-order valence-electron chi connectivity index (χ0n) is 23.5. The summed E-state index contributed by atoms with van der Waals surface area (Å²) >= 11 is 0. The molecule has 4 heterocycles. The van der Waals surface area contributed by atoms with Crippen LogP contribution in [0.15, 0.2) is 0 Å². The molecule has 0 aromatic rings. The SMILES string of the molecule is OC[C@H]1O[C@@H](O[C@H]2[C@H](O)[C@H](O)[C@H](O[C@@H]3[C@H](O[C@H]4[C@H](O)[C@@H](O)[C@H](O)O[C@@H]4CO)O[C@H](CO)[C@@H](O)[C@@H]3O)O[C@@H]2CO)[C@@H](O)[C@@H](O)[C@@H]1O. The van der Waals surface area contributed by atoms with E-state index in [-0.39, 0.29) is 0 Å². The maximum atomic E-state index is 10.9. The van der Waals surface area contributed by atoms with E-state index in [1.807, 2.05) is 0 Å². The summed E-state index contributed by atoms with van der Waals surface area (Å²) in [6.07, 6.45) is -35.9. The van der Waals surface area contributed by atoms with Crippen LogP contribution in [-0.2, 0) is 33.2 Å². The van der Waals surface area contributed by atoms with Crippen LogP contribution < -0.4 is 0 Å². The summed E-state index contributed by atoms with van der Waals surface area (Å²) < 4.78 is 38.0. The summed E-state index contributed by atoms with van der Waals surface area (Å²) in [6, 6.07) is 0. The second kappa shape index (κ2) is 15.6. The topological polar surface area (TPSA) is 348 Å². The first-order chi connectivity index (χ1) is 21.3. The molecule has 0 unspecified atom stereocenters. The van der Waals surface area contributed by atoms with Gasteiger partial charge in [-0.25, -0.2) is 0 Å². The van der Waals surface area contributed by atoms with Crippen molar-refractivity contribution >= 4 is 0 Å². The number of ether oxygens (including phenoxy) is 7. The Morgan fingerprint density at radius 1 is 0.333 bits per heavy atom. The standard InChI is InChI=1S/C24H42O21/c25-1-5-9(29)11(31)16(36)22(40-5)43-19-8(4-28)42-23(17(37)14(19)34)45-20-12(32)10(30)6(2-26)41-24(20)44-18-7(3-27)39-21(38)15(35)13(18)33/h5-38H,1-4H2/t5-,6-,7-,8-,9-,10-,11+,12+,13-,14-,15-,16+,17+,18-,19-,20+,21-,22+,23+,24+/m1/s1. The molecular weight excluding hydrogens is 624 g/mol. The molecule has 0 aromatic heterocycles. The largest absolute Gasteiger partial charge is 0.394 e. The summed E-state index contributed by atoms with van der Waals surface area (Å²) in [5, 5.41) is 142. The van der Waals surface area contributed by atoms with Gasteiger partial charge in [0.25, 0.3) is 0 Å². The van der Waals surface area contributed by atoms with Crippen LogP contribution in [-0.4, -0.2) is 221 Å². The molecule has 0 bridgehead atoms. The summed E-state index contributed by atoms with van der Waals surface area (Å²) in [5.74, 6) is 0. The first-order valence-electron chi connectivity index (χ1n) is 14.1. The second-order valence-electron chi connectivity index (χ2n) is 11.1. The molecule has 0 saturated carbocycles. The van der Waals surface area contributed by atoms with Gasteiger partial charge in [-0.15, -0.1) is 0 Å². The summed E-state index contributed by atoms with van der Waals surface area (Å²) in [5.41, 5.74) is 0. The minimum Gasteiger partial charge on any atom is -0.394 e. The van der Waals surface area contributed by atoms with Gasteiger partial charge in [0.2, 0.25) is 0 Å². The number of aliphatic hydroxyl groups is 14. The fourth-order valence-electron chi connectivity index (χ4n) is 5.52. The Labute approximate surface area is 254 Å². The first-order valence-corrected chi connectivity index (χ1v) is 14.1. The molecular formula is C24H42O21. The minimum atomic E-state index is -2.07. The van der Waals surface area contributed by atoms with Gasteiger partial charge in [0.05, 0.1) is 26.4 Å². The lowest BCUT2D eigenvalue weighted by atomic mass is 9.95. The molecule has 0 radical (unpaired) electrons. The Hall–Kier alpha value is -0.840. The van der Waals surface area contributed by atoms with Crippen molar-refractivity contribution in [1.82, 2.24) is 0 Å². The predicted octanol–water partition coefficient (Wildman–Crippen LogP) is -9.75. The van der Waals surface area contributed by atoms with Crippen LogP contribution in [0.3, 0.4) is 0 Å². The van der Waals surface area contributed by atoms with E-state index in [0.717, 1.165) is 0 Å². The monoisotopic (exact) mass is 666 g/mol. The Morgan fingerprint density at radius 3 is 1.22 bits per heavy atom. The number of aliphatic hydroxyl groups excluding tert-OH is 14. The zero-order valence-corrected chi connectivity index (χ0v) is 23.5. The highest BCUT2D eigenvalue weighted by Crippen LogP contribution is 2.34. The van der Waals surface area contributed by atoms with Crippen LogP contribution in [0.2, 0.25) is 0 Å². The van der Waals surface area contributed by atoms with Gasteiger partial charge in [-0.2, -0.15) is 0 Å². The van der Waals surface area contributed by atoms with E-state index in [0.29, 0.717) is 0 Å². The molecule has 0 spiro atoms. The maximum Gasteiger partial charge on any atom is 0.187 e. The number of rotatable bonds is 10. The van der Waals surface area contributed by atoms with Gasteiger partial charge < -0.3 is 105 Å². The van der Waals surface area contributed by atoms with E-state index >= 15 is 0 Å². The molecule has 20 atom stereocenters. The van der Waals surface area contributed by atoms with Crippen molar-refractivity contribution in [2.45, 2.75) is 123 Å². The van der Waals surface area contributed by atoms with Crippen molar-refractivity contribution in [3.05, 3.63) is 0 Å². The van der Waals surface area contributed by atoms with E-state index in [1.165, 1.54) is 0 Å². The lowest BCUT2D eigenvalue weighted by Crippen LogP contribution is -2.67. The normalized spacial score (nSPS) is 52.9. The minimum absolute atomic E-state index is 0.795. The van der Waals surface area contributed by atoms with Crippen molar-refractivity contribution in [2.24, 2.45) is 0 Å². The number of hydrogen-bond donors (Lipinski definition) is 14. The first kappa shape index (κ1) is 37.0. The molecule has 0 amide bonds. The molecule has 45 heavy (non-hydrogen) atoms.